The molecule has 0 aliphatic rings. The molecule has 0 spiro atoms. The van der Waals surface area contributed by atoms with E-state index in [0.717, 1.165) is 12.3 Å². The lowest BCUT2D eigenvalue weighted by molar-refractivity contribution is 1.15. The van der Waals surface area contributed by atoms with Crippen molar-refractivity contribution in [3.05, 3.63) is 35.4 Å². The topological polar surface area (TPSA) is 12.4 Å². The number of thioether (sulfide) groups is 1. The van der Waals surface area contributed by atoms with Crippen LogP contribution in [0.15, 0.2) is 29.3 Å². The van der Waals surface area contributed by atoms with Gasteiger partial charge in [-0.15, -0.1) is 11.8 Å². The van der Waals surface area contributed by atoms with Gasteiger partial charge in [-0.1, -0.05) is 29.8 Å². The average Bonchev–Trinajstić information content (AvgIpc) is 2.15. The van der Waals surface area contributed by atoms with Crippen LogP contribution in [0.4, 0.5) is 0 Å². The molecule has 0 aliphatic carbocycles. The van der Waals surface area contributed by atoms with Gasteiger partial charge in [-0.25, -0.2) is 0 Å². The highest BCUT2D eigenvalue weighted by atomic mass is 32.2. The normalized spacial score (nSPS) is 10.9. The SMILES string of the molecule is CCN=CSCc1ccc(C)cc1. The summed E-state index contributed by atoms with van der Waals surface area (Å²) in [7, 11) is 0. The van der Waals surface area contributed by atoms with Crippen LogP contribution in [0.2, 0.25) is 0 Å². The van der Waals surface area contributed by atoms with Crippen LogP contribution in [0.25, 0.3) is 0 Å². The monoisotopic (exact) mass is 193 g/mol. The molecule has 0 aliphatic heterocycles. The van der Waals surface area contributed by atoms with Gasteiger partial charge in [-0.2, -0.15) is 0 Å². The van der Waals surface area contributed by atoms with Gasteiger partial charge in [0, 0.05) is 12.3 Å². The average molecular weight is 193 g/mol. The van der Waals surface area contributed by atoms with E-state index in [1.54, 1.807) is 11.8 Å². The maximum Gasteiger partial charge on any atom is 0.0544 e. The summed E-state index contributed by atoms with van der Waals surface area (Å²) < 4.78 is 0. The van der Waals surface area contributed by atoms with E-state index in [0.29, 0.717) is 0 Å². The summed E-state index contributed by atoms with van der Waals surface area (Å²) in [5.41, 5.74) is 4.61. The first-order chi connectivity index (χ1) is 6.33. The van der Waals surface area contributed by atoms with Crippen molar-refractivity contribution < 1.29 is 0 Å². The molecule has 0 unspecified atom stereocenters. The Morgan fingerprint density at radius 1 is 1.31 bits per heavy atom. The van der Waals surface area contributed by atoms with Gasteiger partial charge in [-0.05, 0) is 19.4 Å². The quantitative estimate of drug-likeness (QED) is 0.528. The molecule has 0 aromatic heterocycles. The van der Waals surface area contributed by atoms with E-state index in [1.165, 1.54) is 11.1 Å². The number of hydrogen-bond acceptors (Lipinski definition) is 2. The van der Waals surface area contributed by atoms with Crippen LogP contribution in [-0.4, -0.2) is 12.1 Å². The van der Waals surface area contributed by atoms with Crippen molar-refractivity contribution in [3.63, 3.8) is 0 Å². The number of benzene rings is 1. The summed E-state index contributed by atoms with van der Waals surface area (Å²) in [6.07, 6.45) is 0. The molecule has 0 N–H and O–H groups in total. The summed E-state index contributed by atoms with van der Waals surface area (Å²) in [5, 5.41) is 0. The van der Waals surface area contributed by atoms with Crippen LogP contribution in [0, 0.1) is 6.92 Å². The molecule has 0 fully saturated rings. The van der Waals surface area contributed by atoms with Gasteiger partial charge in [0.1, 0.15) is 0 Å². The molecule has 0 saturated heterocycles. The third kappa shape index (κ3) is 4.13. The fraction of sp³-hybridized carbons (Fsp3) is 0.364. The molecule has 0 amide bonds. The number of rotatable bonds is 4. The summed E-state index contributed by atoms with van der Waals surface area (Å²) in [5.74, 6) is 1.02. The van der Waals surface area contributed by atoms with Crippen molar-refractivity contribution >= 4 is 17.3 Å². The zero-order chi connectivity index (χ0) is 9.52. The highest BCUT2D eigenvalue weighted by Gasteiger charge is 1.90. The zero-order valence-corrected chi connectivity index (χ0v) is 8.97. The Kier molecular flexibility index (Phi) is 4.61. The predicted molar refractivity (Wildman–Crippen MR) is 61.5 cm³/mol. The molecule has 0 radical (unpaired) electrons. The Balaban J connectivity index is 2.37. The zero-order valence-electron chi connectivity index (χ0n) is 8.16. The molecule has 70 valence electrons. The Labute approximate surface area is 84.3 Å². The van der Waals surface area contributed by atoms with E-state index >= 15 is 0 Å². The molecule has 2 heteroatoms. The Morgan fingerprint density at radius 2 is 2.00 bits per heavy atom. The predicted octanol–water partition coefficient (Wildman–Crippen LogP) is 3.28. The van der Waals surface area contributed by atoms with Crippen molar-refractivity contribution in [3.8, 4) is 0 Å². The van der Waals surface area contributed by atoms with E-state index in [2.05, 4.69) is 36.2 Å². The first-order valence-corrected chi connectivity index (χ1v) is 5.53. The Hall–Kier alpha value is -0.760. The molecule has 1 rings (SSSR count). The minimum atomic E-state index is 0.876. The third-order valence-electron chi connectivity index (χ3n) is 1.70. The molecule has 0 atom stereocenters. The van der Waals surface area contributed by atoms with Crippen LogP contribution in [0.5, 0.6) is 0 Å². The standard InChI is InChI=1S/C11H15NS/c1-3-12-9-13-8-11-6-4-10(2)5-7-11/h4-7,9H,3,8H2,1-2H3. The van der Waals surface area contributed by atoms with Crippen molar-refractivity contribution in [2.75, 3.05) is 6.54 Å². The van der Waals surface area contributed by atoms with Crippen LogP contribution in [0.1, 0.15) is 18.1 Å². The summed E-state index contributed by atoms with van der Waals surface area (Å²) in [4.78, 5) is 4.14. The maximum absolute atomic E-state index is 4.14. The maximum atomic E-state index is 4.14. The van der Waals surface area contributed by atoms with Crippen LogP contribution in [-0.2, 0) is 5.75 Å². The van der Waals surface area contributed by atoms with Gasteiger partial charge in [0.15, 0.2) is 0 Å². The fourth-order valence-corrected chi connectivity index (χ4v) is 1.66. The van der Waals surface area contributed by atoms with E-state index in [4.69, 9.17) is 0 Å². The van der Waals surface area contributed by atoms with Gasteiger partial charge >= 0.3 is 0 Å². The summed E-state index contributed by atoms with van der Waals surface area (Å²) in [6.45, 7) is 5.03. The van der Waals surface area contributed by atoms with Gasteiger partial charge in [0.05, 0.1) is 5.55 Å². The van der Waals surface area contributed by atoms with Crippen molar-refractivity contribution in [2.45, 2.75) is 19.6 Å². The number of hydrogen-bond donors (Lipinski definition) is 0. The van der Waals surface area contributed by atoms with Gasteiger partial charge in [0.2, 0.25) is 0 Å². The highest BCUT2D eigenvalue weighted by molar-refractivity contribution is 8.11. The molecule has 0 saturated carbocycles. The second kappa shape index (κ2) is 5.81. The minimum absolute atomic E-state index is 0.876. The summed E-state index contributed by atoms with van der Waals surface area (Å²) in [6, 6.07) is 8.63. The Bertz CT molecular complexity index is 264. The highest BCUT2D eigenvalue weighted by Crippen LogP contribution is 2.10. The minimum Gasteiger partial charge on any atom is -0.287 e. The van der Waals surface area contributed by atoms with E-state index < -0.39 is 0 Å². The lowest BCUT2D eigenvalue weighted by Crippen LogP contribution is -1.80. The van der Waals surface area contributed by atoms with Crippen molar-refractivity contribution in [1.29, 1.82) is 0 Å². The molecule has 1 aromatic carbocycles. The first kappa shape index (κ1) is 10.3. The second-order valence-electron chi connectivity index (χ2n) is 2.90. The molecule has 0 heterocycles. The van der Waals surface area contributed by atoms with Crippen LogP contribution in [0.3, 0.4) is 0 Å². The van der Waals surface area contributed by atoms with Crippen LogP contribution >= 0.6 is 11.8 Å². The lowest BCUT2D eigenvalue weighted by Gasteiger charge is -1.97. The first-order valence-electron chi connectivity index (χ1n) is 4.48. The van der Waals surface area contributed by atoms with Gasteiger partial charge in [-0.3, -0.25) is 4.99 Å². The fourth-order valence-electron chi connectivity index (χ4n) is 0.945. The third-order valence-corrected chi connectivity index (χ3v) is 2.50. The second-order valence-corrected chi connectivity index (χ2v) is 3.73. The number of aliphatic imine (C=N–C) groups is 1. The number of aryl methyl sites for hydroxylation is 1. The Morgan fingerprint density at radius 3 is 2.62 bits per heavy atom. The smallest absolute Gasteiger partial charge is 0.0544 e. The largest absolute Gasteiger partial charge is 0.287 e. The molecule has 1 nitrogen and oxygen atoms in total. The summed E-state index contributed by atoms with van der Waals surface area (Å²) >= 11 is 1.75. The van der Waals surface area contributed by atoms with Gasteiger partial charge < -0.3 is 0 Å². The molecule has 1 aromatic rings. The van der Waals surface area contributed by atoms with E-state index in [-0.39, 0.29) is 0 Å². The molecule has 13 heavy (non-hydrogen) atoms. The number of nitrogens with zero attached hydrogens (tertiary/aromatic N) is 1. The molecular weight excluding hydrogens is 178 g/mol. The molecular formula is C11H15NS. The van der Waals surface area contributed by atoms with Crippen LogP contribution < -0.4 is 0 Å². The lowest BCUT2D eigenvalue weighted by atomic mass is 10.2. The van der Waals surface area contributed by atoms with Crippen molar-refractivity contribution in [2.24, 2.45) is 4.99 Å². The molecule has 0 bridgehead atoms. The van der Waals surface area contributed by atoms with Crippen molar-refractivity contribution in [1.82, 2.24) is 0 Å². The van der Waals surface area contributed by atoms with Gasteiger partial charge in [0.25, 0.3) is 0 Å². The van der Waals surface area contributed by atoms with E-state index in [1.807, 2.05) is 12.5 Å². The van der Waals surface area contributed by atoms with E-state index in [9.17, 15) is 0 Å².